The molecule has 1 aromatic heterocycles. The van der Waals surface area contributed by atoms with Crippen molar-refractivity contribution in [3.8, 4) is 5.69 Å². The molecule has 1 amide bonds. The van der Waals surface area contributed by atoms with Gasteiger partial charge in [-0.1, -0.05) is 49.1 Å². The van der Waals surface area contributed by atoms with Crippen molar-refractivity contribution in [3.05, 3.63) is 68.7 Å². The third-order valence-electron chi connectivity index (χ3n) is 11.6. The van der Waals surface area contributed by atoms with Gasteiger partial charge in [0.1, 0.15) is 5.82 Å². The average Bonchev–Trinajstić information content (AvgIpc) is 3.24. The van der Waals surface area contributed by atoms with Crippen LogP contribution in [0.2, 0.25) is 5.02 Å². The number of carbonyl (C=O) groups excluding carboxylic acids is 1. The Kier molecular flexibility index (Phi) is 6.12. The maximum Gasteiger partial charge on any atom is 0.282 e. The van der Waals surface area contributed by atoms with E-state index in [9.17, 15) is 9.59 Å². The number of amides is 1. The lowest BCUT2D eigenvalue weighted by atomic mass is 9.59. The molecule has 2 aliphatic carbocycles. The highest BCUT2D eigenvalue weighted by Crippen LogP contribution is 2.53. The van der Waals surface area contributed by atoms with Crippen molar-refractivity contribution in [1.82, 2.24) is 19.4 Å². The number of piperidine rings is 2. The zero-order chi connectivity index (χ0) is 27.8. The SMILES string of the molecule is O=CN1CCC2(CC1)CC(N1CCC(c3ccc4c(c3)-n3c(nc(=O)c5c(Cl)cccc53)C43CCCCC3)CC1)C2. The van der Waals surface area contributed by atoms with Crippen molar-refractivity contribution in [2.45, 2.75) is 88.0 Å². The van der Waals surface area contributed by atoms with Gasteiger partial charge in [-0.15, -0.1) is 0 Å². The van der Waals surface area contributed by atoms with Gasteiger partial charge in [0, 0.05) is 19.1 Å². The lowest BCUT2D eigenvalue weighted by molar-refractivity contribution is -0.123. The summed E-state index contributed by atoms with van der Waals surface area (Å²) in [7, 11) is 0. The minimum atomic E-state index is -0.200. The van der Waals surface area contributed by atoms with Crippen molar-refractivity contribution >= 4 is 28.9 Å². The van der Waals surface area contributed by atoms with Crippen LogP contribution < -0.4 is 5.56 Å². The van der Waals surface area contributed by atoms with E-state index in [1.54, 1.807) is 6.07 Å². The molecule has 8 rings (SSSR count). The van der Waals surface area contributed by atoms with Gasteiger partial charge in [-0.05, 0) is 105 Å². The Hall–Kier alpha value is -2.70. The summed E-state index contributed by atoms with van der Waals surface area (Å²) in [5.41, 5.74) is 4.98. The monoisotopic (exact) mass is 570 g/mol. The van der Waals surface area contributed by atoms with E-state index in [0.29, 0.717) is 21.7 Å². The van der Waals surface area contributed by atoms with E-state index in [-0.39, 0.29) is 11.0 Å². The fourth-order valence-corrected chi connectivity index (χ4v) is 9.51. The summed E-state index contributed by atoms with van der Waals surface area (Å²) in [6.45, 7) is 4.20. The van der Waals surface area contributed by atoms with Crippen LogP contribution >= 0.6 is 11.6 Å². The van der Waals surface area contributed by atoms with Crippen molar-refractivity contribution < 1.29 is 4.79 Å². The zero-order valence-electron chi connectivity index (χ0n) is 23.8. The molecule has 2 spiro atoms. The largest absolute Gasteiger partial charge is 0.345 e. The molecule has 0 radical (unpaired) electrons. The van der Waals surface area contributed by atoms with Gasteiger partial charge in [-0.2, -0.15) is 4.98 Å². The van der Waals surface area contributed by atoms with E-state index in [2.05, 4.69) is 27.7 Å². The van der Waals surface area contributed by atoms with Gasteiger partial charge < -0.3 is 9.80 Å². The van der Waals surface area contributed by atoms with Gasteiger partial charge in [0.15, 0.2) is 0 Å². The number of fused-ring (bicyclic) bond motifs is 7. The maximum atomic E-state index is 13.3. The number of likely N-dealkylation sites (tertiary alicyclic amines) is 2. The number of benzene rings is 2. The first-order valence-corrected chi connectivity index (χ1v) is 16.2. The lowest BCUT2D eigenvalue weighted by Gasteiger charge is -2.56. The lowest BCUT2D eigenvalue weighted by Crippen LogP contribution is -2.56. The van der Waals surface area contributed by atoms with Crippen LogP contribution in [0.5, 0.6) is 0 Å². The van der Waals surface area contributed by atoms with E-state index in [0.717, 1.165) is 62.8 Å². The Labute approximate surface area is 246 Å². The molecule has 6 nitrogen and oxygen atoms in total. The van der Waals surface area contributed by atoms with Crippen LogP contribution in [0.15, 0.2) is 41.2 Å². The summed E-state index contributed by atoms with van der Waals surface area (Å²) < 4.78 is 2.28. The van der Waals surface area contributed by atoms with Crippen LogP contribution in [0.4, 0.5) is 0 Å². The first kappa shape index (κ1) is 26.0. The van der Waals surface area contributed by atoms with E-state index >= 15 is 0 Å². The van der Waals surface area contributed by atoms with Gasteiger partial charge in [-0.25, -0.2) is 0 Å². The van der Waals surface area contributed by atoms with Crippen LogP contribution in [-0.4, -0.2) is 58.0 Å². The predicted octanol–water partition coefficient (Wildman–Crippen LogP) is 6.18. The molecule has 0 atom stereocenters. The summed E-state index contributed by atoms with van der Waals surface area (Å²) in [6.07, 6.45) is 14.0. The third-order valence-corrected chi connectivity index (χ3v) is 12.0. The van der Waals surface area contributed by atoms with E-state index in [4.69, 9.17) is 16.6 Å². The number of carbonyl (C=O) groups is 1. The summed E-state index contributed by atoms with van der Waals surface area (Å²) in [5, 5.41) is 1.02. The molecule has 214 valence electrons. The van der Waals surface area contributed by atoms with Gasteiger partial charge in [-0.3, -0.25) is 14.2 Å². The first-order valence-electron chi connectivity index (χ1n) is 15.8. The number of hydrogen-bond acceptors (Lipinski definition) is 4. The summed E-state index contributed by atoms with van der Waals surface area (Å²) in [6, 6.07) is 13.7. The second kappa shape index (κ2) is 9.67. The topological polar surface area (TPSA) is 58.4 Å². The fraction of sp³-hybridized carbons (Fsp3) is 0.559. The van der Waals surface area contributed by atoms with Crippen LogP contribution in [0.25, 0.3) is 16.6 Å². The highest BCUT2D eigenvalue weighted by Gasteiger charge is 2.49. The zero-order valence-corrected chi connectivity index (χ0v) is 24.5. The van der Waals surface area contributed by atoms with Crippen LogP contribution in [0, 0.1) is 5.41 Å². The quantitative estimate of drug-likeness (QED) is 0.353. The average molecular weight is 571 g/mol. The van der Waals surface area contributed by atoms with Gasteiger partial charge in [0.05, 0.1) is 27.0 Å². The number of halogens is 1. The van der Waals surface area contributed by atoms with Crippen molar-refractivity contribution in [3.63, 3.8) is 0 Å². The predicted molar refractivity (Wildman–Crippen MR) is 162 cm³/mol. The summed E-state index contributed by atoms with van der Waals surface area (Å²) in [4.78, 5) is 33.8. The molecule has 4 heterocycles. The summed E-state index contributed by atoms with van der Waals surface area (Å²) >= 11 is 6.56. The van der Waals surface area contributed by atoms with Gasteiger partial charge in [0.2, 0.25) is 6.41 Å². The third kappa shape index (κ3) is 3.96. The number of hydrogen-bond donors (Lipinski definition) is 0. The Morgan fingerprint density at radius 2 is 1.68 bits per heavy atom. The smallest absolute Gasteiger partial charge is 0.282 e. The summed E-state index contributed by atoms with van der Waals surface area (Å²) in [5.74, 6) is 1.48. The molecular weight excluding hydrogens is 532 g/mol. The Balaban J connectivity index is 1.06. The van der Waals surface area contributed by atoms with Crippen LogP contribution in [0.3, 0.4) is 0 Å². The Morgan fingerprint density at radius 3 is 2.41 bits per heavy atom. The van der Waals surface area contributed by atoms with Gasteiger partial charge >= 0.3 is 0 Å². The molecule has 0 N–H and O–H groups in total. The molecule has 0 bridgehead atoms. The standard InChI is InChI=1S/C34H39ClN4O2/c35-27-5-4-6-28-30(27)31(41)36-32-34(11-2-1-3-12-34)26-8-7-24(19-29(26)39(28)32)23-9-15-38(16-10-23)25-20-33(21-25)13-17-37(22-40)18-14-33/h4-8,19,22-23,25H,1-3,9-18,20-21H2. The highest BCUT2D eigenvalue weighted by atomic mass is 35.5. The van der Waals surface area contributed by atoms with Crippen LogP contribution in [0.1, 0.15) is 93.5 Å². The van der Waals surface area contributed by atoms with E-state index in [1.165, 1.54) is 74.6 Å². The fourth-order valence-electron chi connectivity index (χ4n) is 9.26. The molecule has 2 aromatic carbocycles. The highest BCUT2D eigenvalue weighted by molar-refractivity contribution is 6.35. The van der Waals surface area contributed by atoms with E-state index < -0.39 is 0 Å². The van der Waals surface area contributed by atoms with Crippen molar-refractivity contribution in [2.75, 3.05) is 26.2 Å². The number of aromatic nitrogens is 2. The number of nitrogens with zero attached hydrogens (tertiary/aromatic N) is 4. The Bertz CT molecular complexity index is 1570. The second-order valence-electron chi connectivity index (χ2n) is 13.6. The van der Waals surface area contributed by atoms with E-state index in [1.807, 2.05) is 17.0 Å². The molecule has 2 saturated heterocycles. The maximum absolute atomic E-state index is 13.3. The molecule has 3 aliphatic heterocycles. The van der Waals surface area contributed by atoms with Crippen molar-refractivity contribution in [2.24, 2.45) is 5.41 Å². The van der Waals surface area contributed by atoms with Crippen LogP contribution in [-0.2, 0) is 10.2 Å². The molecule has 5 aliphatic rings. The molecule has 3 aromatic rings. The minimum absolute atomic E-state index is 0.173. The molecule has 41 heavy (non-hydrogen) atoms. The Morgan fingerprint density at radius 1 is 0.927 bits per heavy atom. The molecule has 7 heteroatoms. The molecule has 4 fully saturated rings. The molecule has 2 saturated carbocycles. The van der Waals surface area contributed by atoms with Crippen molar-refractivity contribution in [1.29, 1.82) is 0 Å². The normalized spacial score (nSPS) is 24.0. The molecular formula is C34H39ClN4O2. The second-order valence-corrected chi connectivity index (χ2v) is 14.1. The molecule has 0 unspecified atom stereocenters. The number of rotatable bonds is 3. The first-order chi connectivity index (χ1) is 20.0. The minimum Gasteiger partial charge on any atom is -0.345 e. The van der Waals surface area contributed by atoms with Gasteiger partial charge in [0.25, 0.3) is 5.56 Å².